The third-order valence-electron chi connectivity index (χ3n) is 3.60. The van der Waals surface area contributed by atoms with Crippen LogP contribution in [0, 0.1) is 0 Å². The molecule has 0 atom stereocenters. The summed E-state index contributed by atoms with van der Waals surface area (Å²) in [6.45, 7) is -0.217. The van der Waals surface area contributed by atoms with Crippen molar-refractivity contribution in [3.8, 4) is 0 Å². The van der Waals surface area contributed by atoms with Crippen molar-refractivity contribution < 1.29 is 22.4 Å². The van der Waals surface area contributed by atoms with E-state index in [1.165, 1.54) is 35.8 Å². The van der Waals surface area contributed by atoms with Gasteiger partial charge in [-0.25, -0.2) is 13.1 Å². The van der Waals surface area contributed by atoms with Crippen LogP contribution in [0.2, 0.25) is 0 Å². The van der Waals surface area contributed by atoms with Crippen molar-refractivity contribution in [3.63, 3.8) is 0 Å². The van der Waals surface area contributed by atoms with E-state index in [2.05, 4.69) is 15.4 Å². The van der Waals surface area contributed by atoms with Crippen molar-refractivity contribution in [2.45, 2.75) is 11.4 Å². The molecule has 0 fully saturated rings. The van der Waals surface area contributed by atoms with Crippen molar-refractivity contribution in [2.24, 2.45) is 0 Å². The molecule has 0 bridgehead atoms. The number of furan rings is 1. The fourth-order valence-corrected chi connectivity index (χ4v) is 3.94. The van der Waals surface area contributed by atoms with E-state index in [0.717, 1.165) is 0 Å². The Labute approximate surface area is 165 Å². The Bertz CT molecular complexity index is 1040. The molecule has 10 heteroatoms. The average Bonchev–Trinajstić information content (AvgIpc) is 3.38. The summed E-state index contributed by atoms with van der Waals surface area (Å²) in [4.78, 5) is 24.4. The average molecular weight is 419 g/mol. The Morgan fingerprint density at radius 2 is 1.93 bits per heavy atom. The summed E-state index contributed by atoms with van der Waals surface area (Å²) in [5.74, 6) is -0.332. The number of anilines is 1. The molecule has 0 saturated heterocycles. The Morgan fingerprint density at radius 1 is 1.07 bits per heavy atom. The standard InChI is InChI=1S/C18H17N3O5S2/c22-17(12-19-18(23)16-7-3-9-27-16)21-13-4-1-6-15(10-13)28(24,25)20-11-14-5-2-8-26-14/h1-10,20H,11-12H2,(H,19,23)(H,21,22). The minimum Gasteiger partial charge on any atom is -0.468 e. The first-order valence-electron chi connectivity index (χ1n) is 8.18. The molecule has 2 amide bonds. The molecule has 3 N–H and O–H groups in total. The number of rotatable bonds is 8. The van der Waals surface area contributed by atoms with Crippen molar-refractivity contribution >= 4 is 38.9 Å². The van der Waals surface area contributed by atoms with Crippen LogP contribution < -0.4 is 15.4 Å². The normalized spacial score (nSPS) is 11.1. The summed E-state index contributed by atoms with van der Waals surface area (Å²) in [5.41, 5.74) is 0.302. The lowest BCUT2D eigenvalue weighted by atomic mass is 10.3. The first-order valence-corrected chi connectivity index (χ1v) is 10.5. The molecule has 3 aromatic rings. The van der Waals surface area contributed by atoms with E-state index in [4.69, 9.17) is 4.42 Å². The second kappa shape index (κ2) is 8.83. The first-order chi connectivity index (χ1) is 13.4. The Balaban J connectivity index is 1.57. The number of sulfonamides is 1. The van der Waals surface area contributed by atoms with Crippen LogP contribution in [-0.2, 0) is 21.4 Å². The van der Waals surface area contributed by atoms with Gasteiger partial charge in [0.1, 0.15) is 5.76 Å². The zero-order valence-corrected chi connectivity index (χ0v) is 16.2. The summed E-state index contributed by atoms with van der Waals surface area (Å²) in [6, 6.07) is 12.5. The van der Waals surface area contributed by atoms with Gasteiger partial charge in [0, 0.05) is 5.69 Å². The Hall–Kier alpha value is -2.95. The topological polar surface area (TPSA) is 118 Å². The van der Waals surface area contributed by atoms with Crippen LogP contribution in [0.15, 0.2) is 69.5 Å². The maximum atomic E-state index is 12.4. The number of benzene rings is 1. The number of hydrogen-bond donors (Lipinski definition) is 3. The van der Waals surface area contributed by atoms with Crippen LogP contribution >= 0.6 is 11.3 Å². The molecule has 0 saturated carbocycles. The van der Waals surface area contributed by atoms with Gasteiger partial charge in [-0.15, -0.1) is 11.3 Å². The molecule has 0 aliphatic carbocycles. The molecule has 8 nitrogen and oxygen atoms in total. The number of carbonyl (C=O) groups excluding carboxylic acids is 2. The number of amides is 2. The van der Waals surface area contributed by atoms with Crippen LogP contribution in [0.1, 0.15) is 15.4 Å². The van der Waals surface area contributed by atoms with Gasteiger partial charge in [0.25, 0.3) is 5.91 Å². The summed E-state index contributed by atoms with van der Waals surface area (Å²) in [7, 11) is -3.78. The predicted octanol–water partition coefficient (Wildman–Crippen LogP) is 2.19. The number of thiophene rings is 1. The van der Waals surface area contributed by atoms with E-state index in [1.807, 2.05) is 0 Å². The molecule has 28 heavy (non-hydrogen) atoms. The SMILES string of the molecule is O=C(CNC(=O)c1cccs1)Nc1cccc(S(=O)(=O)NCc2ccco2)c1. The van der Waals surface area contributed by atoms with Crippen LogP contribution in [-0.4, -0.2) is 26.8 Å². The maximum Gasteiger partial charge on any atom is 0.261 e. The van der Waals surface area contributed by atoms with Crippen LogP contribution in [0.5, 0.6) is 0 Å². The smallest absolute Gasteiger partial charge is 0.261 e. The van der Waals surface area contributed by atoms with E-state index in [1.54, 1.807) is 35.7 Å². The van der Waals surface area contributed by atoms with Gasteiger partial charge in [0.05, 0.1) is 29.1 Å². The predicted molar refractivity (Wildman–Crippen MR) is 104 cm³/mol. The van der Waals surface area contributed by atoms with Crippen LogP contribution in [0.3, 0.4) is 0 Å². The molecule has 0 spiro atoms. The van der Waals surface area contributed by atoms with E-state index in [0.29, 0.717) is 16.3 Å². The van der Waals surface area contributed by atoms with Crippen molar-refractivity contribution in [3.05, 3.63) is 70.8 Å². The Kier molecular flexibility index (Phi) is 6.24. The van der Waals surface area contributed by atoms with Gasteiger partial charge in [0.15, 0.2) is 0 Å². The van der Waals surface area contributed by atoms with Crippen LogP contribution in [0.25, 0.3) is 0 Å². The van der Waals surface area contributed by atoms with Gasteiger partial charge in [-0.2, -0.15) is 0 Å². The number of carbonyl (C=O) groups is 2. The molecule has 2 aromatic heterocycles. The Morgan fingerprint density at radius 3 is 2.64 bits per heavy atom. The van der Waals surface area contributed by atoms with Crippen molar-refractivity contribution in [1.82, 2.24) is 10.0 Å². The second-order valence-corrected chi connectivity index (χ2v) is 8.35. The maximum absolute atomic E-state index is 12.4. The molecule has 1 aromatic carbocycles. The quantitative estimate of drug-likeness (QED) is 0.517. The molecule has 146 valence electrons. The molecule has 2 heterocycles. The highest BCUT2D eigenvalue weighted by molar-refractivity contribution is 7.89. The highest BCUT2D eigenvalue weighted by atomic mass is 32.2. The highest BCUT2D eigenvalue weighted by Gasteiger charge is 2.16. The minimum atomic E-state index is -3.78. The highest BCUT2D eigenvalue weighted by Crippen LogP contribution is 2.16. The van der Waals surface area contributed by atoms with E-state index >= 15 is 0 Å². The molecular weight excluding hydrogens is 402 g/mol. The molecule has 0 unspecified atom stereocenters. The number of hydrogen-bond acceptors (Lipinski definition) is 6. The molecule has 0 aliphatic heterocycles. The fourth-order valence-electron chi connectivity index (χ4n) is 2.26. The lowest BCUT2D eigenvalue weighted by molar-refractivity contribution is -0.115. The van der Waals surface area contributed by atoms with Gasteiger partial charge in [0.2, 0.25) is 15.9 Å². The van der Waals surface area contributed by atoms with E-state index < -0.39 is 15.9 Å². The summed E-state index contributed by atoms with van der Waals surface area (Å²) >= 11 is 1.27. The van der Waals surface area contributed by atoms with Gasteiger partial charge < -0.3 is 15.1 Å². The third-order valence-corrected chi connectivity index (χ3v) is 5.87. The molecule has 0 radical (unpaired) electrons. The van der Waals surface area contributed by atoms with Gasteiger partial charge >= 0.3 is 0 Å². The summed E-state index contributed by atoms with van der Waals surface area (Å²) in [5, 5.41) is 6.83. The molecule has 0 aliphatic rings. The lowest BCUT2D eigenvalue weighted by Gasteiger charge is -2.09. The lowest BCUT2D eigenvalue weighted by Crippen LogP contribution is -2.32. The monoisotopic (exact) mass is 419 g/mol. The van der Waals surface area contributed by atoms with Gasteiger partial charge in [-0.1, -0.05) is 12.1 Å². The van der Waals surface area contributed by atoms with Gasteiger partial charge in [-0.05, 0) is 41.8 Å². The minimum absolute atomic E-state index is 0.000484. The van der Waals surface area contributed by atoms with Crippen LogP contribution in [0.4, 0.5) is 5.69 Å². The van der Waals surface area contributed by atoms with E-state index in [-0.39, 0.29) is 23.9 Å². The largest absolute Gasteiger partial charge is 0.468 e. The zero-order valence-electron chi connectivity index (χ0n) is 14.5. The number of nitrogens with one attached hydrogen (secondary N) is 3. The van der Waals surface area contributed by atoms with Crippen molar-refractivity contribution in [1.29, 1.82) is 0 Å². The molecular formula is C18H17N3O5S2. The zero-order chi connectivity index (χ0) is 20.0. The third kappa shape index (κ3) is 5.28. The molecule has 3 rings (SSSR count). The van der Waals surface area contributed by atoms with Crippen molar-refractivity contribution in [2.75, 3.05) is 11.9 Å². The summed E-state index contributed by atoms with van der Waals surface area (Å²) < 4.78 is 32.3. The van der Waals surface area contributed by atoms with Gasteiger partial charge in [-0.3, -0.25) is 9.59 Å². The summed E-state index contributed by atoms with van der Waals surface area (Å²) in [6.07, 6.45) is 1.46. The first kappa shape index (κ1) is 19.8. The second-order valence-electron chi connectivity index (χ2n) is 5.64. The van der Waals surface area contributed by atoms with E-state index in [9.17, 15) is 18.0 Å². The fraction of sp³-hybridized carbons (Fsp3) is 0.111.